The zero-order valence-electron chi connectivity index (χ0n) is 9.37. The third kappa shape index (κ3) is 1.98. The first-order valence-electron chi connectivity index (χ1n) is 5.46. The summed E-state index contributed by atoms with van der Waals surface area (Å²) >= 11 is 0. The predicted octanol–water partition coefficient (Wildman–Crippen LogP) is 2.15. The second-order valence-electron chi connectivity index (χ2n) is 3.80. The lowest BCUT2D eigenvalue weighted by Gasteiger charge is -2.15. The Morgan fingerprint density at radius 2 is 2.33 bits per heavy atom. The van der Waals surface area contributed by atoms with Crippen LogP contribution in [0.25, 0.3) is 10.9 Å². The average Bonchev–Trinajstić information content (AvgIpc) is 2.87. The first-order valence-corrected chi connectivity index (χ1v) is 5.46. The van der Waals surface area contributed by atoms with E-state index in [-0.39, 0.29) is 0 Å². The number of aromatic amines is 1. The monoisotopic (exact) mass is 242 g/mol. The van der Waals surface area contributed by atoms with E-state index in [9.17, 15) is 4.79 Å². The van der Waals surface area contributed by atoms with Crippen molar-refractivity contribution in [2.75, 3.05) is 0 Å². The molecule has 1 aromatic heterocycles. The molecule has 5 nitrogen and oxygen atoms in total. The number of carbonyl (C=O) groups is 1. The number of aromatic nitrogens is 2. The minimum atomic E-state index is -0.664. The maximum absolute atomic E-state index is 11.9. The second kappa shape index (κ2) is 4.37. The van der Waals surface area contributed by atoms with Crippen LogP contribution >= 0.6 is 0 Å². The number of benzene rings is 1. The van der Waals surface area contributed by atoms with Crippen LogP contribution in [0.5, 0.6) is 0 Å². The van der Waals surface area contributed by atoms with Gasteiger partial charge in [-0.2, -0.15) is 5.10 Å². The van der Waals surface area contributed by atoms with E-state index < -0.39 is 12.3 Å². The number of H-pyrrole nitrogens is 1. The van der Waals surface area contributed by atoms with E-state index in [2.05, 4.69) is 10.2 Å². The smallest absolute Gasteiger partial charge is 0.341 e. The summed E-state index contributed by atoms with van der Waals surface area (Å²) in [5.74, 6) is -0.428. The van der Waals surface area contributed by atoms with Gasteiger partial charge in [0.15, 0.2) is 0 Å². The van der Waals surface area contributed by atoms with Crippen molar-refractivity contribution in [2.24, 2.45) is 0 Å². The lowest BCUT2D eigenvalue weighted by Crippen LogP contribution is -2.18. The molecule has 2 heterocycles. The van der Waals surface area contributed by atoms with E-state index in [1.54, 1.807) is 42.6 Å². The zero-order valence-corrected chi connectivity index (χ0v) is 9.37. The maximum atomic E-state index is 11.9. The van der Waals surface area contributed by atoms with Crippen molar-refractivity contribution >= 4 is 16.9 Å². The van der Waals surface area contributed by atoms with Crippen LogP contribution in [0.3, 0.4) is 0 Å². The third-order valence-corrected chi connectivity index (χ3v) is 2.57. The Kier molecular flexibility index (Phi) is 2.57. The normalized spacial score (nSPS) is 17.7. The van der Waals surface area contributed by atoms with Crippen LogP contribution in [0.4, 0.5) is 0 Å². The summed E-state index contributed by atoms with van der Waals surface area (Å²) in [5.41, 5.74) is 1.35. The van der Waals surface area contributed by atoms with Crippen LogP contribution in [0.2, 0.25) is 0 Å². The van der Waals surface area contributed by atoms with Crippen LogP contribution in [0, 0.1) is 0 Å². The minimum Gasteiger partial charge on any atom is -0.459 e. The van der Waals surface area contributed by atoms with Crippen molar-refractivity contribution in [2.45, 2.75) is 6.29 Å². The highest BCUT2D eigenvalue weighted by Gasteiger charge is 2.15. The molecule has 90 valence electrons. The summed E-state index contributed by atoms with van der Waals surface area (Å²) in [5, 5.41) is 7.58. The van der Waals surface area contributed by atoms with Crippen LogP contribution in [0.1, 0.15) is 10.4 Å². The minimum absolute atomic E-state index is 0.428. The van der Waals surface area contributed by atoms with E-state index in [1.165, 1.54) is 6.26 Å². The van der Waals surface area contributed by atoms with Crippen molar-refractivity contribution in [3.05, 3.63) is 54.4 Å². The molecular weight excluding hydrogens is 232 g/mol. The topological polar surface area (TPSA) is 64.2 Å². The van der Waals surface area contributed by atoms with Gasteiger partial charge < -0.3 is 9.47 Å². The highest BCUT2D eigenvalue weighted by atomic mass is 16.7. The van der Waals surface area contributed by atoms with Crippen LogP contribution in [-0.4, -0.2) is 22.5 Å². The van der Waals surface area contributed by atoms with Gasteiger partial charge in [-0.05, 0) is 30.4 Å². The zero-order chi connectivity index (χ0) is 12.4. The van der Waals surface area contributed by atoms with Gasteiger partial charge in [-0.15, -0.1) is 0 Å². The van der Waals surface area contributed by atoms with E-state index in [0.29, 0.717) is 5.56 Å². The van der Waals surface area contributed by atoms with E-state index in [1.807, 2.05) is 0 Å². The lowest BCUT2D eigenvalue weighted by atomic mass is 10.1. The number of esters is 1. The van der Waals surface area contributed by atoms with Gasteiger partial charge in [0.2, 0.25) is 0 Å². The van der Waals surface area contributed by atoms with Crippen molar-refractivity contribution in [1.82, 2.24) is 10.2 Å². The van der Waals surface area contributed by atoms with Gasteiger partial charge in [-0.3, -0.25) is 5.10 Å². The van der Waals surface area contributed by atoms with Crippen molar-refractivity contribution in [1.29, 1.82) is 0 Å². The largest absolute Gasteiger partial charge is 0.459 e. The molecule has 1 aliphatic heterocycles. The summed E-state index contributed by atoms with van der Waals surface area (Å²) in [4.78, 5) is 11.9. The number of rotatable bonds is 2. The fraction of sp³-hybridized carbons (Fsp3) is 0.0769. The number of nitrogens with zero attached hydrogens (tertiary/aromatic N) is 1. The number of carbonyl (C=O) groups excluding carboxylic acids is 1. The Bertz CT molecular complexity index is 642. The Balaban J connectivity index is 1.78. The maximum Gasteiger partial charge on any atom is 0.341 e. The van der Waals surface area contributed by atoms with Gasteiger partial charge in [0.25, 0.3) is 6.29 Å². The molecule has 2 aromatic rings. The van der Waals surface area contributed by atoms with Crippen molar-refractivity contribution in [3.63, 3.8) is 0 Å². The molecule has 0 radical (unpaired) electrons. The summed E-state index contributed by atoms with van der Waals surface area (Å²) in [6.07, 6.45) is 7.63. The van der Waals surface area contributed by atoms with Gasteiger partial charge >= 0.3 is 5.97 Å². The molecule has 0 aliphatic carbocycles. The molecule has 5 heteroatoms. The van der Waals surface area contributed by atoms with Crippen LogP contribution in [0.15, 0.2) is 48.9 Å². The molecule has 0 spiro atoms. The van der Waals surface area contributed by atoms with Gasteiger partial charge in [-0.25, -0.2) is 4.79 Å². The van der Waals surface area contributed by atoms with Gasteiger partial charge in [0, 0.05) is 5.39 Å². The highest BCUT2D eigenvalue weighted by molar-refractivity contribution is 5.94. The second-order valence-corrected chi connectivity index (χ2v) is 3.80. The van der Waals surface area contributed by atoms with E-state index in [4.69, 9.17) is 9.47 Å². The van der Waals surface area contributed by atoms with Crippen LogP contribution < -0.4 is 0 Å². The molecule has 0 bridgehead atoms. The van der Waals surface area contributed by atoms with Crippen LogP contribution in [-0.2, 0) is 9.47 Å². The number of ether oxygens (including phenoxy) is 2. The number of fused-ring (bicyclic) bond motifs is 1. The summed E-state index contributed by atoms with van der Waals surface area (Å²) < 4.78 is 10.3. The number of nitrogens with one attached hydrogen (secondary N) is 1. The standard InChI is InChI=1S/C13H10N2O3/c16-13(18-12-3-1-2-6-17-12)9-4-5-11-10(7-9)8-14-15-11/h1-8,12H,(H,14,15). The molecule has 1 aliphatic rings. The average molecular weight is 242 g/mol. The number of hydrogen-bond acceptors (Lipinski definition) is 4. The quantitative estimate of drug-likeness (QED) is 0.819. The van der Waals surface area contributed by atoms with Gasteiger partial charge in [0.1, 0.15) is 0 Å². The molecule has 1 unspecified atom stereocenters. The molecule has 1 N–H and O–H groups in total. The molecule has 0 fully saturated rings. The molecule has 1 aromatic carbocycles. The molecule has 18 heavy (non-hydrogen) atoms. The highest BCUT2D eigenvalue weighted by Crippen LogP contribution is 2.15. The summed E-state index contributed by atoms with van der Waals surface area (Å²) in [6, 6.07) is 5.20. The Morgan fingerprint density at radius 1 is 1.39 bits per heavy atom. The fourth-order valence-electron chi connectivity index (χ4n) is 1.68. The van der Waals surface area contributed by atoms with E-state index >= 15 is 0 Å². The SMILES string of the molecule is O=C(OC1C=CC=CO1)c1ccc2[nH]ncc2c1. The molecule has 0 saturated heterocycles. The van der Waals surface area contributed by atoms with E-state index in [0.717, 1.165) is 10.9 Å². The van der Waals surface area contributed by atoms with Gasteiger partial charge in [-0.1, -0.05) is 6.08 Å². The molecular formula is C13H10N2O3. The van der Waals surface area contributed by atoms with Crippen molar-refractivity contribution in [3.8, 4) is 0 Å². The Hall–Kier alpha value is -2.56. The predicted molar refractivity (Wildman–Crippen MR) is 64.7 cm³/mol. The van der Waals surface area contributed by atoms with Gasteiger partial charge in [0.05, 0.1) is 23.5 Å². The number of allylic oxidation sites excluding steroid dienone is 2. The first kappa shape index (κ1) is 10.6. The molecule has 0 amide bonds. The van der Waals surface area contributed by atoms with Crippen molar-refractivity contribution < 1.29 is 14.3 Å². The Morgan fingerprint density at radius 3 is 3.17 bits per heavy atom. The first-order chi connectivity index (χ1) is 8.83. The Labute approximate surface area is 103 Å². The lowest BCUT2D eigenvalue weighted by molar-refractivity contribution is -0.0444. The molecule has 0 saturated carbocycles. The summed E-state index contributed by atoms with van der Waals surface area (Å²) in [6.45, 7) is 0. The summed E-state index contributed by atoms with van der Waals surface area (Å²) in [7, 11) is 0. The third-order valence-electron chi connectivity index (χ3n) is 2.57. The number of hydrogen-bond donors (Lipinski definition) is 1. The fourth-order valence-corrected chi connectivity index (χ4v) is 1.68. The molecule has 3 rings (SSSR count). The molecule has 1 atom stereocenters.